The monoisotopic (exact) mass is 265 g/mol. The van der Waals surface area contributed by atoms with Crippen LogP contribution in [-0.4, -0.2) is 36.6 Å². The van der Waals surface area contributed by atoms with E-state index >= 15 is 0 Å². The Labute approximate surface area is 121 Å². The van der Waals surface area contributed by atoms with Crippen LogP contribution in [0.25, 0.3) is 11.4 Å². The molecule has 0 fully saturated rings. The summed E-state index contributed by atoms with van der Waals surface area (Å²) in [7, 11) is 3.48. The maximum Gasteiger partial charge on any atom is 0.229 e. The van der Waals surface area contributed by atoms with Crippen molar-refractivity contribution in [2.24, 2.45) is 0 Å². The smallest absolute Gasteiger partial charge is 0.229 e. The fraction of sp³-hybridized carbons (Fsp3) is 0.214. The average Bonchev–Trinajstić information content (AvgIpc) is 2.46. The molecule has 2 rings (SSSR count). The van der Waals surface area contributed by atoms with Crippen molar-refractivity contribution in [3.63, 3.8) is 0 Å². The van der Waals surface area contributed by atoms with Gasteiger partial charge < -0.3 is 4.72 Å². The molecule has 0 spiro atoms. The standard InChI is InChI=1S/C14H17B2N3O/c1-9(2)10-7-17-13(18-8-10)11-5-3-4-6-12(11)14(20)19(15)16/h3-9H,15-16H2,1-2H3. The van der Waals surface area contributed by atoms with Crippen LogP contribution in [0.3, 0.4) is 0 Å². The number of carbonyl (C=O) groups is 1. The summed E-state index contributed by atoms with van der Waals surface area (Å²) >= 11 is 0. The van der Waals surface area contributed by atoms with Gasteiger partial charge in [0.05, 0.1) is 0 Å². The molecule has 0 saturated heterocycles. The zero-order chi connectivity index (χ0) is 14.7. The van der Waals surface area contributed by atoms with Gasteiger partial charge in [-0.2, -0.15) is 0 Å². The topological polar surface area (TPSA) is 46.1 Å². The van der Waals surface area contributed by atoms with Gasteiger partial charge in [0, 0.05) is 23.5 Å². The van der Waals surface area contributed by atoms with Crippen molar-refractivity contribution in [2.45, 2.75) is 19.8 Å². The van der Waals surface area contributed by atoms with Crippen LogP contribution in [0.1, 0.15) is 35.7 Å². The van der Waals surface area contributed by atoms with Crippen molar-refractivity contribution in [2.75, 3.05) is 0 Å². The molecular formula is C14H17B2N3O. The van der Waals surface area contributed by atoms with Crippen molar-refractivity contribution < 1.29 is 4.79 Å². The van der Waals surface area contributed by atoms with Gasteiger partial charge in [0.15, 0.2) is 5.82 Å². The second-order valence-corrected chi connectivity index (χ2v) is 5.24. The van der Waals surface area contributed by atoms with Crippen molar-refractivity contribution in [1.29, 1.82) is 0 Å². The van der Waals surface area contributed by atoms with Crippen LogP contribution in [0.2, 0.25) is 0 Å². The molecule has 0 aliphatic rings. The zero-order valence-electron chi connectivity index (χ0n) is 12.3. The number of hydrogen-bond donors (Lipinski definition) is 0. The number of amides is 1. The highest BCUT2D eigenvalue weighted by molar-refractivity contribution is 6.36. The molecule has 1 heterocycles. The molecule has 1 aromatic carbocycles. The maximum atomic E-state index is 12.2. The lowest BCUT2D eigenvalue weighted by atomic mass is 10.0. The average molecular weight is 265 g/mol. The summed E-state index contributed by atoms with van der Waals surface area (Å²) in [4.78, 5) is 21.0. The van der Waals surface area contributed by atoms with Gasteiger partial charge in [-0.1, -0.05) is 32.0 Å². The lowest BCUT2D eigenvalue weighted by Crippen LogP contribution is -2.25. The second-order valence-electron chi connectivity index (χ2n) is 5.24. The van der Waals surface area contributed by atoms with Crippen LogP contribution in [0.5, 0.6) is 0 Å². The molecule has 0 atom stereocenters. The highest BCUT2D eigenvalue weighted by atomic mass is 16.2. The molecule has 4 nitrogen and oxygen atoms in total. The van der Waals surface area contributed by atoms with Gasteiger partial charge in [-0.05, 0) is 17.5 Å². The molecule has 0 unspecified atom stereocenters. The molecular weight excluding hydrogens is 248 g/mol. The summed E-state index contributed by atoms with van der Waals surface area (Å²) in [6.07, 6.45) is 3.65. The molecule has 0 radical (unpaired) electrons. The minimum Gasteiger partial charge on any atom is -0.439 e. The highest BCUT2D eigenvalue weighted by Gasteiger charge is 2.15. The third-order valence-electron chi connectivity index (χ3n) is 3.14. The summed E-state index contributed by atoms with van der Waals surface area (Å²) in [6.45, 7) is 4.20. The first kappa shape index (κ1) is 14.3. The number of nitrogens with zero attached hydrogens (tertiary/aromatic N) is 3. The SMILES string of the molecule is BN(B)C(=O)c1ccccc1-c1ncc(C(C)C)cn1. The maximum absolute atomic E-state index is 12.2. The van der Waals surface area contributed by atoms with Crippen LogP contribution < -0.4 is 0 Å². The predicted octanol–water partition coefficient (Wildman–Crippen LogP) is 0.805. The number of carbonyl (C=O) groups excluding carboxylic acids is 1. The minimum atomic E-state index is -0.0443. The lowest BCUT2D eigenvalue weighted by Gasteiger charge is -2.14. The number of rotatable bonds is 3. The van der Waals surface area contributed by atoms with E-state index in [1.54, 1.807) is 26.8 Å². The van der Waals surface area contributed by atoms with E-state index in [1.807, 2.05) is 30.6 Å². The van der Waals surface area contributed by atoms with E-state index in [0.29, 0.717) is 17.3 Å². The first-order valence-electron chi connectivity index (χ1n) is 6.63. The van der Waals surface area contributed by atoms with E-state index in [9.17, 15) is 4.79 Å². The van der Waals surface area contributed by atoms with Crippen LogP contribution in [0, 0.1) is 0 Å². The van der Waals surface area contributed by atoms with Crippen LogP contribution in [0.15, 0.2) is 36.7 Å². The molecule has 0 N–H and O–H groups in total. The number of aromatic nitrogens is 2. The Morgan fingerprint density at radius 1 is 1.15 bits per heavy atom. The summed E-state index contributed by atoms with van der Waals surface area (Å²) in [6, 6.07) is 7.42. The first-order chi connectivity index (χ1) is 9.50. The van der Waals surface area contributed by atoms with Crippen molar-refractivity contribution in [3.05, 3.63) is 47.8 Å². The van der Waals surface area contributed by atoms with E-state index in [-0.39, 0.29) is 5.91 Å². The van der Waals surface area contributed by atoms with Gasteiger partial charge in [0.25, 0.3) is 0 Å². The summed E-state index contributed by atoms with van der Waals surface area (Å²) in [5, 5.41) is 0. The number of hydrogen-bond acceptors (Lipinski definition) is 3. The molecule has 1 amide bonds. The summed E-state index contributed by atoms with van der Waals surface area (Å²) in [5.74, 6) is 0.931. The Morgan fingerprint density at radius 3 is 2.30 bits per heavy atom. The Kier molecular flexibility index (Phi) is 4.23. The Balaban J connectivity index is 2.45. The largest absolute Gasteiger partial charge is 0.439 e. The number of benzene rings is 1. The fourth-order valence-electron chi connectivity index (χ4n) is 1.88. The molecule has 0 aliphatic carbocycles. The predicted molar refractivity (Wildman–Crippen MR) is 84.8 cm³/mol. The molecule has 0 saturated carbocycles. The van der Waals surface area contributed by atoms with Crippen molar-refractivity contribution in [3.8, 4) is 11.4 Å². The normalized spacial score (nSPS) is 10.6. The second kappa shape index (κ2) is 5.90. The summed E-state index contributed by atoms with van der Waals surface area (Å²) in [5.41, 5.74) is 2.47. The van der Waals surface area contributed by atoms with E-state index in [0.717, 1.165) is 11.1 Å². The summed E-state index contributed by atoms with van der Waals surface area (Å²) < 4.78 is 1.56. The van der Waals surface area contributed by atoms with Gasteiger partial charge >= 0.3 is 0 Å². The zero-order valence-corrected chi connectivity index (χ0v) is 12.3. The molecule has 1 aromatic heterocycles. The molecule has 100 valence electrons. The quantitative estimate of drug-likeness (QED) is 0.771. The van der Waals surface area contributed by atoms with Gasteiger partial charge in [-0.15, -0.1) is 0 Å². The van der Waals surface area contributed by atoms with E-state index in [4.69, 9.17) is 0 Å². The molecule has 20 heavy (non-hydrogen) atoms. The van der Waals surface area contributed by atoms with E-state index in [1.165, 1.54) is 0 Å². The van der Waals surface area contributed by atoms with Crippen molar-refractivity contribution in [1.82, 2.24) is 14.7 Å². The Bertz CT molecular complexity index is 612. The minimum absolute atomic E-state index is 0.0443. The van der Waals surface area contributed by atoms with Crippen LogP contribution in [0.4, 0.5) is 0 Å². The van der Waals surface area contributed by atoms with Crippen LogP contribution >= 0.6 is 0 Å². The third-order valence-corrected chi connectivity index (χ3v) is 3.14. The van der Waals surface area contributed by atoms with Gasteiger partial charge in [-0.25, -0.2) is 9.97 Å². The first-order valence-corrected chi connectivity index (χ1v) is 6.63. The molecule has 2 aromatic rings. The van der Waals surface area contributed by atoms with Crippen LogP contribution in [-0.2, 0) is 0 Å². The highest BCUT2D eigenvalue weighted by Crippen LogP contribution is 2.22. The van der Waals surface area contributed by atoms with E-state index in [2.05, 4.69) is 23.8 Å². The molecule has 0 aliphatic heterocycles. The van der Waals surface area contributed by atoms with Gasteiger partial charge in [0.2, 0.25) is 21.9 Å². The van der Waals surface area contributed by atoms with Crippen molar-refractivity contribution >= 4 is 21.9 Å². The van der Waals surface area contributed by atoms with Gasteiger partial charge in [0.1, 0.15) is 0 Å². The fourth-order valence-corrected chi connectivity index (χ4v) is 1.88. The Hall–Kier alpha value is -2.10. The molecule has 6 heteroatoms. The third kappa shape index (κ3) is 2.90. The van der Waals surface area contributed by atoms with Gasteiger partial charge in [-0.3, -0.25) is 4.79 Å². The Morgan fingerprint density at radius 2 is 1.75 bits per heavy atom. The lowest BCUT2D eigenvalue weighted by molar-refractivity contribution is 0.0923. The molecule has 0 bridgehead atoms. The van der Waals surface area contributed by atoms with E-state index < -0.39 is 0 Å².